The van der Waals surface area contributed by atoms with Crippen LogP contribution in [-0.2, 0) is 14.3 Å². The van der Waals surface area contributed by atoms with Crippen LogP contribution in [0.25, 0.3) is 0 Å². The average molecular weight is 318 g/mol. The Balaban J connectivity index is 3.21. The lowest BCUT2D eigenvalue weighted by atomic mass is 9.91. The number of amides is 1. The van der Waals surface area contributed by atoms with Gasteiger partial charge in [-0.05, 0) is 20.2 Å². The lowest BCUT2D eigenvalue weighted by Crippen LogP contribution is -2.62. The van der Waals surface area contributed by atoms with E-state index in [0.29, 0.717) is 0 Å². The molecule has 1 amide bonds. The molecule has 126 valence electrons. The van der Waals surface area contributed by atoms with Gasteiger partial charge in [0.1, 0.15) is 18.3 Å². The highest BCUT2D eigenvalue weighted by Crippen LogP contribution is 2.25. The number of carboxylic acids is 1. The van der Waals surface area contributed by atoms with Gasteiger partial charge in [0.2, 0.25) is 11.7 Å². The van der Waals surface area contributed by atoms with Crippen LogP contribution in [0.1, 0.15) is 6.92 Å². The van der Waals surface area contributed by atoms with Gasteiger partial charge in [0, 0.05) is 6.92 Å². The maximum Gasteiger partial charge on any atom is 0.370 e. The Hall–Kier alpha value is -1.68. The zero-order valence-corrected chi connectivity index (χ0v) is 12.6. The lowest BCUT2D eigenvalue weighted by Gasteiger charge is -2.42. The van der Waals surface area contributed by atoms with Crippen molar-refractivity contribution in [1.82, 2.24) is 10.2 Å². The summed E-state index contributed by atoms with van der Waals surface area (Å²) in [5.74, 6) is -2.12. The monoisotopic (exact) mass is 318 g/mol. The summed E-state index contributed by atoms with van der Waals surface area (Å²) < 4.78 is 5.23. The first-order chi connectivity index (χ1) is 10.2. The van der Waals surface area contributed by atoms with Crippen molar-refractivity contribution in [3.63, 3.8) is 0 Å². The second kappa shape index (κ2) is 7.54. The average Bonchev–Trinajstić information content (AvgIpc) is 2.44. The van der Waals surface area contributed by atoms with E-state index in [0.717, 1.165) is 0 Å². The van der Waals surface area contributed by atoms with E-state index in [4.69, 9.17) is 14.9 Å². The summed E-state index contributed by atoms with van der Waals surface area (Å²) in [6.07, 6.45) is -3.02. The van der Waals surface area contributed by atoms with E-state index in [1.165, 1.54) is 13.0 Å². The molecule has 0 aromatic heterocycles. The van der Waals surface area contributed by atoms with Crippen molar-refractivity contribution in [2.45, 2.75) is 37.3 Å². The van der Waals surface area contributed by atoms with Crippen LogP contribution in [0.15, 0.2) is 11.8 Å². The molecule has 1 rings (SSSR count). The minimum absolute atomic E-state index is 0.394. The Morgan fingerprint density at radius 2 is 2.00 bits per heavy atom. The third kappa shape index (κ3) is 4.17. The molecule has 0 unspecified atom stereocenters. The standard InChI is InChI=1S/C13H22N2O7/c1-6(17)14-10-7(15(2)3)4-9(13(20)21)22-12(10)11(19)8(18)5-16/h4,7-8,10-12,16,18-19H,5H2,1-3H3,(H,14,17)(H,20,21)/t7-,8-,10+,11-,12+/m0/s1. The van der Waals surface area contributed by atoms with Gasteiger partial charge in [-0.3, -0.25) is 4.79 Å². The molecule has 1 aliphatic rings. The van der Waals surface area contributed by atoms with Crippen molar-refractivity contribution in [1.29, 1.82) is 0 Å². The summed E-state index contributed by atoms with van der Waals surface area (Å²) in [7, 11) is 3.35. The van der Waals surface area contributed by atoms with Crippen molar-refractivity contribution >= 4 is 11.9 Å². The van der Waals surface area contributed by atoms with Crippen LogP contribution >= 0.6 is 0 Å². The maximum atomic E-state index is 11.4. The molecule has 5 atom stereocenters. The number of hydrogen-bond donors (Lipinski definition) is 5. The Kier molecular flexibility index (Phi) is 6.30. The van der Waals surface area contributed by atoms with Crippen LogP contribution in [0.5, 0.6) is 0 Å². The van der Waals surface area contributed by atoms with E-state index in [9.17, 15) is 19.8 Å². The molecule has 0 aromatic rings. The minimum Gasteiger partial charge on any atom is -0.478 e. The number of rotatable bonds is 6. The van der Waals surface area contributed by atoms with E-state index in [1.807, 2.05) is 0 Å². The van der Waals surface area contributed by atoms with Crippen molar-refractivity contribution in [2.24, 2.45) is 0 Å². The van der Waals surface area contributed by atoms with Crippen molar-refractivity contribution in [3.8, 4) is 0 Å². The van der Waals surface area contributed by atoms with Gasteiger partial charge < -0.3 is 35.4 Å². The lowest BCUT2D eigenvalue weighted by molar-refractivity contribution is -0.147. The first-order valence-electron chi connectivity index (χ1n) is 6.71. The van der Waals surface area contributed by atoms with Gasteiger partial charge in [-0.25, -0.2) is 4.79 Å². The van der Waals surface area contributed by atoms with Crippen molar-refractivity contribution < 1.29 is 34.8 Å². The first kappa shape index (κ1) is 18.4. The SMILES string of the molecule is CC(=O)N[C@H]1[C@H]([C@@H](O)[C@@H](O)CO)OC(C(=O)O)=C[C@@H]1N(C)C. The van der Waals surface area contributed by atoms with Crippen LogP contribution in [0.3, 0.4) is 0 Å². The van der Waals surface area contributed by atoms with Gasteiger partial charge in [0.25, 0.3) is 0 Å². The number of carbonyl (C=O) groups is 2. The highest BCUT2D eigenvalue weighted by molar-refractivity contribution is 5.84. The van der Waals surface area contributed by atoms with Gasteiger partial charge in [0.05, 0.1) is 18.7 Å². The second-order valence-electron chi connectivity index (χ2n) is 5.34. The quantitative estimate of drug-likeness (QED) is 0.362. The van der Waals surface area contributed by atoms with Gasteiger partial charge in [-0.2, -0.15) is 0 Å². The summed E-state index contributed by atoms with van der Waals surface area (Å²) in [6, 6.07) is -1.37. The van der Waals surface area contributed by atoms with Gasteiger partial charge in [-0.15, -0.1) is 0 Å². The van der Waals surface area contributed by atoms with Crippen LogP contribution in [-0.4, -0.2) is 88.3 Å². The highest BCUT2D eigenvalue weighted by Gasteiger charge is 2.44. The summed E-state index contributed by atoms with van der Waals surface area (Å²) >= 11 is 0. The molecule has 0 fully saturated rings. The fraction of sp³-hybridized carbons (Fsp3) is 0.692. The number of aliphatic carboxylic acids is 1. The third-order valence-electron chi connectivity index (χ3n) is 3.40. The topological polar surface area (TPSA) is 140 Å². The zero-order chi connectivity index (χ0) is 17.0. The Morgan fingerprint density at radius 3 is 2.41 bits per heavy atom. The van der Waals surface area contributed by atoms with Crippen LogP contribution in [0, 0.1) is 0 Å². The molecule has 9 nitrogen and oxygen atoms in total. The number of nitrogens with zero attached hydrogens (tertiary/aromatic N) is 1. The normalized spacial score (nSPS) is 27.6. The molecule has 9 heteroatoms. The highest BCUT2D eigenvalue weighted by atomic mass is 16.5. The molecule has 0 spiro atoms. The van der Waals surface area contributed by atoms with E-state index in [-0.39, 0.29) is 0 Å². The summed E-state index contributed by atoms with van der Waals surface area (Å²) in [4.78, 5) is 24.2. The molecule has 0 saturated carbocycles. The molecule has 22 heavy (non-hydrogen) atoms. The fourth-order valence-corrected chi connectivity index (χ4v) is 2.32. The molecule has 1 heterocycles. The zero-order valence-electron chi connectivity index (χ0n) is 12.6. The summed E-state index contributed by atoms with van der Waals surface area (Å²) in [5.41, 5.74) is 0. The van der Waals surface area contributed by atoms with Gasteiger partial charge >= 0.3 is 5.97 Å². The largest absolute Gasteiger partial charge is 0.478 e. The summed E-state index contributed by atoms with van der Waals surface area (Å²) in [6.45, 7) is 0.543. The van der Waals surface area contributed by atoms with Gasteiger partial charge in [0.15, 0.2) is 0 Å². The molecule has 5 N–H and O–H groups in total. The minimum atomic E-state index is -1.58. The van der Waals surface area contributed by atoms with Crippen molar-refractivity contribution in [3.05, 3.63) is 11.8 Å². The molecule has 0 radical (unpaired) electrons. The number of ether oxygens (including phenoxy) is 1. The second-order valence-corrected chi connectivity index (χ2v) is 5.34. The molecule has 1 aliphatic heterocycles. The Morgan fingerprint density at radius 1 is 1.41 bits per heavy atom. The van der Waals surface area contributed by atoms with E-state index >= 15 is 0 Å². The van der Waals surface area contributed by atoms with E-state index in [2.05, 4.69) is 5.32 Å². The van der Waals surface area contributed by atoms with Gasteiger partial charge in [-0.1, -0.05) is 0 Å². The number of carboxylic acid groups (broad SMARTS) is 1. The number of carbonyl (C=O) groups excluding carboxylic acids is 1. The number of aliphatic hydroxyl groups excluding tert-OH is 3. The molecular formula is C13H22N2O7. The molecule has 0 aromatic carbocycles. The van der Waals surface area contributed by atoms with E-state index in [1.54, 1.807) is 19.0 Å². The predicted octanol–water partition coefficient (Wildman–Crippen LogP) is -2.50. The third-order valence-corrected chi connectivity index (χ3v) is 3.40. The van der Waals surface area contributed by atoms with Crippen LogP contribution in [0.4, 0.5) is 0 Å². The summed E-state index contributed by atoms with van der Waals surface area (Å²) in [5, 5.41) is 40.4. The first-order valence-corrected chi connectivity index (χ1v) is 6.71. The molecular weight excluding hydrogens is 296 g/mol. The van der Waals surface area contributed by atoms with Crippen molar-refractivity contribution in [2.75, 3.05) is 20.7 Å². The van der Waals surface area contributed by atoms with Crippen LogP contribution < -0.4 is 5.32 Å². The smallest absolute Gasteiger partial charge is 0.370 e. The number of likely N-dealkylation sites (N-methyl/N-ethyl adjacent to an activating group) is 1. The number of hydrogen-bond acceptors (Lipinski definition) is 7. The maximum absolute atomic E-state index is 11.4. The Labute approximate surface area is 127 Å². The van der Waals surface area contributed by atoms with Crippen LogP contribution in [0.2, 0.25) is 0 Å². The Bertz CT molecular complexity index is 452. The number of nitrogens with one attached hydrogen (secondary N) is 1. The predicted molar refractivity (Wildman–Crippen MR) is 74.8 cm³/mol. The fourth-order valence-electron chi connectivity index (χ4n) is 2.32. The molecule has 0 bridgehead atoms. The number of aliphatic hydroxyl groups is 3. The molecule has 0 aliphatic carbocycles. The molecule has 0 saturated heterocycles. The van der Waals surface area contributed by atoms with E-state index < -0.39 is 54.6 Å².